The molecular formula is C16H30N2O2. The van der Waals surface area contributed by atoms with Crippen LogP contribution in [0.3, 0.4) is 0 Å². The van der Waals surface area contributed by atoms with Gasteiger partial charge >= 0.3 is 5.97 Å². The highest BCUT2D eigenvalue weighted by Crippen LogP contribution is 2.35. The van der Waals surface area contributed by atoms with E-state index in [1.165, 1.54) is 38.9 Å². The molecule has 4 nitrogen and oxygen atoms in total. The molecule has 1 unspecified atom stereocenters. The summed E-state index contributed by atoms with van der Waals surface area (Å²) < 4.78 is 0. The Kier molecular flexibility index (Phi) is 5.85. The highest BCUT2D eigenvalue weighted by Gasteiger charge is 2.41. The molecule has 2 aliphatic rings. The summed E-state index contributed by atoms with van der Waals surface area (Å²) in [5, 5.41) is 9.60. The van der Waals surface area contributed by atoms with Crippen molar-refractivity contribution in [1.29, 1.82) is 0 Å². The molecule has 1 atom stereocenters. The molecule has 0 aromatic heterocycles. The molecule has 2 rings (SSSR count). The third-order valence-electron chi connectivity index (χ3n) is 4.99. The summed E-state index contributed by atoms with van der Waals surface area (Å²) in [4.78, 5) is 16.6. The molecule has 0 amide bonds. The lowest BCUT2D eigenvalue weighted by Gasteiger charge is -2.40. The van der Waals surface area contributed by atoms with Crippen molar-refractivity contribution in [2.24, 2.45) is 5.41 Å². The molecule has 0 bridgehead atoms. The molecule has 4 heteroatoms. The van der Waals surface area contributed by atoms with Crippen molar-refractivity contribution in [1.82, 2.24) is 9.80 Å². The number of likely N-dealkylation sites (tertiary alicyclic amines) is 2. The van der Waals surface area contributed by atoms with Gasteiger partial charge in [-0.15, -0.1) is 0 Å². The fourth-order valence-corrected chi connectivity index (χ4v) is 3.91. The first-order valence-electron chi connectivity index (χ1n) is 8.34. The lowest BCUT2D eigenvalue weighted by molar-refractivity contribution is -0.153. The van der Waals surface area contributed by atoms with Gasteiger partial charge in [0, 0.05) is 6.54 Å². The normalized spacial score (nSPS) is 28.9. The van der Waals surface area contributed by atoms with Crippen molar-refractivity contribution in [2.75, 3.05) is 39.3 Å². The van der Waals surface area contributed by atoms with Crippen LogP contribution >= 0.6 is 0 Å². The van der Waals surface area contributed by atoms with Gasteiger partial charge in [-0.1, -0.05) is 13.3 Å². The Balaban J connectivity index is 1.78. The van der Waals surface area contributed by atoms with Crippen molar-refractivity contribution in [3.63, 3.8) is 0 Å². The van der Waals surface area contributed by atoms with Gasteiger partial charge in [0.25, 0.3) is 0 Å². The molecule has 2 aliphatic heterocycles. The van der Waals surface area contributed by atoms with E-state index in [1.807, 2.05) is 0 Å². The number of aliphatic carboxylic acids is 1. The van der Waals surface area contributed by atoms with Crippen molar-refractivity contribution >= 4 is 5.97 Å². The maximum absolute atomic E-state index is 11.7. The van der Waals surface area contributed by atoms with Gasteiger partial charge in [0.15, 0.2) is 0 Å². The summed E-state index contributed by atoms with van der Waals surface area (Å²) in [6.07, 6.45) is 7.57. The van der Waals surface area contributed by atoms with Gasteiger partial charge in [0.05, 0.1) is 5.41 Å². The second kappa shape index (κ2) is 7.41. The van der Waals surface area contributed by atoms with Gasteiger partial charge in [-0.05, 0) is 71.2 Å². The van der Waals surface area contributed by atoms with Crippen LogP contribution in [0.25, 0.3) is 0 Å². The first-order valence-corrected chi connectivity index (χ1v) is 8.34. The average Bonchev–Trinajstić information content (AvgIpc) is 2.92. The number of nitrogens with zero attached hydrogens (tertiary/aromatic N) is 2. The largest absolute Gasteiger partial charge is 0.481 e. The standard InChI is InChI=1S/C16H30N2O2/c1-2-7-16(15(19)20)8-5-11-18(14-16)13-6-12-17-9-3-4-10-17/h2-14H2,1H3,(H,19,20). The maximum Gasteiger partial charge on any atom is 0.310 e. The molecule has 116 valence electrons. The third-order valence-corrected chi connectivity index (χ3v) is 4.99. The zero-order chi connectivity index (χ0) is 14.4. The number of rotatable bonds is 7. The molecule has 0 aliphatic carbocycles. The second-order valence-corrected chi connectivity index (χ2v) is 6.62. The molecule has 2 heterocycles. The van der Waals surface area contributed by atoms with E-state index in [9.17, 15) is 9.90 Å². The van der Waals surface area contributed by atoms with E-state index >= 15 is 0 Å². The Labute approximate surface area is 123 Å². The molecule has 0 aromatic rings. The second-order valence-electron chi connectivity index (χ2n) is 6.62. The van der Waals surface area contributed by atoms with E-state index in [-0.39, 0.29) is 0 Å². The lowest BCUT2D eigenvalue weighted by Crippen LogP contribution is -2.48. The smallest absolute Gasteiger partial charge is 0.310 e. The van der Waals surface area contributed by atoms with Crippen LogP contribution in [0, 0.1) is 5.41 Å². The summed E-state index contributed by atoms with van der Waals surface area (Å²) in [5.41, 5.74) is -0.472. The Morgan fingerprint density at radius 3 is 2.40 bits per heavy atom. The van der Waals surface area contributed by atoms with E-state index in [0.717, 1.165) is 45.3 Å². The van der Waals surface area contributed by atoms with E-state index < -0.39 is 11.4 Å². The summed E-state index contributed by atoms with van der Waals surface area (Å²) in [6, 6.07) is 0. The maximum atomic E-state index is 11.7. The van der Waals surface area contributed by atoms with E-state index in [4.69, 9.17) is 0 Å². The fourth-order valence-electron chi connectivity index (χ4n) is 3.91. The summed E-state index contributed by atoms with van der Waals surface area (Å²) >= 11 is 0. The van der Waals surface area contributed by atoms with Gasteiger partial charge < -0.3 is 14.9 Å². The lowest BCUT2D eigenvalue weighted by atomic mass is 9.76. The quantitative estimate of drug-likeness (QED) is 0.779. The van der Waals surface area contributed by atoms with Crippen LogP contribution in [0.1, 0.15) is 51.9 Å². The van der Waals surface area contributed by atoms with Gasteiger partial charge in [-0.2, -0.15) is 0 Å². The van der Waals surface area contributed by atoms with Crippen molar-refractivity contribution in [2.45, 2.75) is 51.9 Å². The monoisotopic (exact) mass is 282 g/mol. The number of hydrogen-bond acceptors (Lipinski definition) is 3. The Morgan fingerprint density at radius 1 is 1.10 bits per heavy atom. The molecule has 0 saturated carbocycles. The Bertz CT molecular complexity index is 312. The van der Waals surface area contributed by atoms with Crippen LogP contribution < -0.4 is 0 Å². The highest BCUT2D eigenvalue weighted by molar-refractivity contribution is 5.75. The van der Waals surface area contributed by atoms with Crippen LogP contribution in [0.4, 0.5) is 0 Å². The zero-order valence-corrected chi connectivity index (χ0v) is 12.9. The predicted molar refractivity (Wildman–Crippen MR) is 80.9 cm³/mol. The van der Waals surface area contributed by atoms with E-state index in [1.54, 1.807) is 0 Å². The van der Waals surface area contributed by atoms with Crippen LogP contribution in [0.15, 0.2) is 0 Å². The van der Waals surface area contributed by atoms with Crippen LogP contribution in [0.2, 0.25) is 0 Å². The third kappa shape index (κ3) is 3.95. The molecule has 0 radical (unpaired) electrons. The molecule has 0 spiro atoms. The van der Waals surface area contributed by atoms with Crippen molar-refractivity contribution in [3.05, 3.63) is 0 Å². The topological polar surface area (TPSA) is 43.8 Å². The number of hydrogen-bond donors (Lipinski definition) is 1. The first-order chi connectivity index (χ1) is 9.66. The summed E-state index contributed by atoms with van der Waals surface area (Å²) in [7, 11) is 0. The van der Waals surface area contributed by atoms with Crippen LogP contribution in [0.5, 0.6) is 0 Å². The minimum Gasteiger partial charge on any atom is -0.481 e. The van der Waals surface area contributed by atoms with E-state index in [0.29, 0.717) is 0 Å². The number of piperidine rings is 1. The predicted octanol–water partition coefficient (Wildman–Crippen LogP) is 2.44. The van der Waals surface area contributed by atoms with Gasteiger partial charge in [-0.25, -0.2) is 0 Å². The van der Waals surface area contributed by atoms with Gasteiger partial charge in [0.1, 0.15) is 0 Å². The summed E-state index contributed by atoms with van der Waals surface area (Å²) in [5.74, 6) is -0.580. The average molecular weight is 282 g/mol. The fraction of sp³-hybridized carbons (Fsp3) is 0.938. The Hall–Kier alpha value is -0.610. The van der Waals surface area contributed by atoms with Gasteiger partial charge in [-0.3, -0.25) is 4.79 Å². The minimum atomic E-state index is -0.580. The molecule has 0 aromatic carbocycles. The molecule has 1 N–H and O–H groups in total. The SMILES string of the molecule is CCCC1(C(=O)O)CCCN(CCCN2CCCC2)C1. The highest BCUT2D eigenvalue weighted by atomic mass is 16.4. The van der Waals surface area contributed by atoms with Crippen LogP contribution in [-0.4, -0.2) is 60.1 Å². The number of carbonyl (C=O) groups is 1. The first kappa shape index (κ1) is 15.8. The molecule has 2 saturated heterocycles. The molecule has 2 fully saturated rings. The summed E-state index contributed by atoms with van der Waals surface area (Å²) in [6.45, 7) is 8.70. The van der Waals surface area contributed by atoms with Crippen molar-refractivity contribution in [3.8, 4) is 0 Å². The van der Waals surface area contributed by atoms with Gasteiger partial charge in [0.2, 0.25) is 0 Å². The Morgan fingerprint density at radius 2 is 1.75 bits per heavy atom. The molecular weight excluding hydrogens is 252 g/mol. The van der Waals surface area contributed by atoms with E-state index in [2.05, 4.69) is 16.7 Å². The van der Waals surface area contributed by atoms with Crippen molar-refractivity contribution < 1.29 is 9.90 Å². The number of carboxylic acid groups (broad SMARTS) is 1. The van der Waals surface area contributed by atoms with Crippen LogP contribution in [-0.2, 0) is 4.79 Å². The number of carboxylic acids is 1. The minimum absolute atomic E-state index is 0.472. The zero-order valence-electron chi connectivity index (χ0n) is 12.9. The molecule has 20 heavy (non-hydrogen) atoms.